The third kappa shape index (κ3) is 3.95. The Balaban J connectivity index is 1.95. The molecule has 1 atom stereocenters. The van der Waals surface area contributed by atoms with Gasteiger partial charge in [-0.05, 0) is 26.2 Å². The standard InChI is InChI=1S/C11H24N2O/c1-3-5-9(12)8-13-10-6-11(7-10)14-4-2/h9-11,13H,3-8,12H2,1-2H3. The van der Waals surface area contributed by atoms with Gasteiger partial charge in [-0.2, -0.15) is 0 Å². The highest BCUT2D eigenvalue weighted by atomic mass is 16.5. The zero-order valence-corrected chi connectivity index (χ0v) is 9.46. The molecule has 0 aliphatic heterocycles. The van der Waals surface area contributed by atoms with E-state index in [0.29, 0.717) is 18.2 Å². The molecule has 1 saturated carbocycles. The maximum absolute atomic E-state index is 5.91. The Hall–Kier alpha value is -0.120. The van der Waals surface area contributed by atoms with E-state index in [9.17, 15) is 0 Å². The first-order chi connectivity index (χ1) is 6.76. The van der Waals surface area contributed by atoms with Crippen molar-refractivity contribution in [2.24, 2.45) is 5.73 Å². The highest BCUT2D eigenvalue weighted by Crippen LogP contribution is 2.22. The molecule has 84 valence electrons. The molecule has 1 unspecified atom stereocenters. The molecule has 0 spiro atoms. The van der Waals surface area contributed by atoms with Gasteiger partial charge in [-0.3, -0.25) is 0 Å². The molecule has 14 heavy (non-hydrogen) atoms. The van der Waals surface area contributed by atoms with Gasteiger partial charge in [0.1, 0.15) is 0 Å². The topological polar surface area (TPSA) is 47.3 Å². The van der Waals surface area contributed by atoms with Crippen molar-refractivity contribution in [1.82, 2.24) is 5.32 Å². The largest absolute Gasteiger partial charge is 0.378 e. The van der Waals surface area contributed by atoms with Crippen LogP contribution < -0.4 is 11.1 Å². The van der Waals surface area contributed by atoms with Crippen LogP contribution in [0.5, 0.6) is 0 Å². The minimum atomic E-state index is 0.325. The third-order valence-corrected chi connectivity index (χ3v) is 2.83. The fourth-order valence-electron chi connectivity index (χ4n) is 1.89. The quantitative estimate of drug-likeness (QED) is 0.650. The van der Waals surface area contributed by atoms with E-state index in [4.69, 9.17) is 10.5 Å². The fraction of sp³-hybridized carbons (Fsp3) is 1.00. The average Bonchev–Trinajstić information content (AvgIpc) is 2.09. The van der Waals surface area contributed by atoms with Gasteiger partial charge in [-0.25, -0.2) is 0 Å². The highest BCUT2D eigenvalue weighted by Gasteiger charge is 2.28. The second-order valence-electron chi connectivity index (χ2n) is 4.20. The first-order valence-electron chi connectivity index (χ1n) is 5.86. The predicted octanol–water partition coefficient (Wildman–Crippen LogP) is 1.27. The van der Waals surface area contributed by atoms with Gasteiger partial charge >= 0.3 is 0 Å². The Bertz CT molecular complexity index is 146. The Morgan fingerprint density at radius 2 is 2.14 bits per heavy atom. The van der Waals surface area contributed by atoms with E-state index in [0.717, 1.165) is 32.4 Å². The van der Waals surface area contributed by atoms with Crippen molar-refractivity contribution in [3.05, 3.63) is 0 Å². The van der Waals surface area contributed by atoms with Gasteiger partial charge in [0.05, 0.1) is 6.10 Å². The molecule has 3 nitrogen and oxygen atoms in total. The first kappa shape index (κ1) is 12.0. The van der Waals surface area contributed by atoms with Crippen LogP contribution in [-0.4, -0.2) is 31.3 Å². The van der Waals surface area contributed by atoms with Gasteiger partial charge in [0, 0.05) is 25.2 Å². The average molecular weight is 200 g/mol. The smallest absolute Gasteiger partial charge is 0.0604 e. The molecule has 0 amide bonds. The lowest BCUT2D eigenvalue weighted by atomic mass is 9.89. The van der Waals surface area contributed by atoms with E-state index in [1.165, 1.54) is 6.42 Å². The van der Waals surface area contributed by atoms with Gasteiger partial charge in [0.2, 0.25) is 0 Å². The molecule has 0 aromatic heterocycles. The summed E-state index contributed by atoms with van der Waals surface area (Å²) in [6, 6.07) is 0.973. The first-order valence-corrected chi connectivity index (χ1v) is 5.86. The summed E-state index contributed by atoms with van der Waals surface area (Å²) in [5.41, 5.74) is 5.91. The molecule has 0 aromatic rings. The lowest BCUT2D eigenvalue weighted by Crippen LogP contribution is -2.48. The summed E-state index contributed by atoms with van der Waals surface area (Å²) in [4.78, 5) is 0. The maximum Gasteiger partial charge on any atom is 0.0604 e. The number of rotatable bonds is 7. The molecule has 0 saturated heterocycles. The van der Waals surface area contributed by atoms with E-state index in [1.54, 1.807) is 0 Å². The van der Waals surface area contributed by atoms with Crippen LogP contribution >= 0.6 is 0 Å². The minimum Gasteiger partial charge on any atom is -0.378 e. The van der Waals surface area contributed by atoms with E-state index < -0.39 is 0 Å². The van der Waals surface area contributed by atoms with Gasteiger partial charge in [-0.15, -0.1) is 0 Å². The molecule has 3 heteroatoms. The number of hydrogen-bond acceptors (Lipinski definition) is 3. The molecule has 0 bridgehead atoms. The molecule has 0 radical (unpaired) electrons. The van der Waals surface area contributed by atoms with Crippen LogP contribution in [0.25, 0.3) is 0 Å². The Labute approximate surface area is 87.4 Å². The fourth-order valence-corrected chi connectivity index (χ4v) is 1.89. The van der Waals surface area contributed by atoms with Crippen molar-refractivity contribution in [3.8, 4) is 0 Å². The zero-order chi connectivity index (χ0) is 10.4. The van der Waals surface area contributed by atoms with Crippen molar-refractivity contribution >= 4 is 0 Å². The van der Waals surface area contributed by atoms with Crippen LogP contribution in [0.1, 0.15) is 39.5 Å². The van der Waals surface area contributed by atoms with Crippen LogP contribution in [0.3, 0.4) is 0 Å². The van der Waals surface area contributed by atoms with E-state index in [2.05, 4.69) is 19.2 Å². The van der Waals surface area contributed by atoms with Crippen molar-refractivity contribution in [1.29, 1.82) is 0 Å². The zero-order valence-electron chi connectivity index (χ0n) is 9.46. The number of ether oxygens (including phenoxy) is 1. The van der Waals surface area contributed by atoms with Crippen LogP contribution in [0.15, 0.2) is 0 Å². The molecule has 1 aliphatic rings. The predicted molar refractivity (Wildman–Crippen MR) is 59.3 cm³/mol. The molecular weight excluding hydrogens is 176 g/mol. The van der Waals surface area contributed by atoms with Gasteiger partial charge in [-0.1, -0.05) is 13.3 Å². The van der Waals surface area contributed by atoms with Crippen LogP contribution in [0.4, 0.5) is 0 Å². The van der Waals surface area contributed by atoms with Gasteiger partial charge in [0.15, 0.2) is 0 Å². The van der Waals surface area contributed by atoms with Crippen molar-refractivity contribution in [2.75, 3.05) is 13.2 Å². The van der Waals surface area contributed by atoms with Crippen molar-refractivity contribution < 1.29 is 4.74 Å². The number of nitrogens with one attached hydrogen (secondary N) is 1. The minimum absolute atomic E-state index is 0.325. The monoisotopic (exact) mass is 200 g/mol. The molecule has 0 heterocycles. The maximum atomic E-state index is 5.91. The van der Waals surface area contributed by atoms with Crippen LogP contribution in [0, 0.1) is 0 Å². The summed E-state index contributed by atoms with van der Waals surface area (Å²) in [5, 5.41) is 3.49. The summed E-state index contributed by atoms with van der Waals surface area (Å²) in [6.45, 7) is 6.02. The summed E-state index contributed by atoms with van der Waals surface area (Å²) >= 11 is 0. The lowest BCUT2D eigenvalue weighted by Gasteiger charge is -2.36. The van der Waals surface area contributed by atoms with E-state index in [1.807, 2.05) is 0 Å². The van der Waals surface area contributed by atoms with E-state index in [-0.39, 0.29) is 0 Å². The van der Waals surface area contributed by atoms with Crippen LogP contribution in [0.2, 0.25) is 0 Å². The van der Waals surface area contributed by atoms with Gasteiger partial charge < -0.3 is 15.8 Å². The molecule has 1 rings (SSSR count). The normalized spacial score (nSPS) is 28.5. The molecule has 3 N–H and O–H groups in total. The lowest BCUT2D eigenvalue weighted by molar-refractivity contribution is -0.0100. The summed E-state index contributed by atoms with van der Waals surface area (Å²) < 4.78 is 5.49. The number of nitrogens with two attached hydrogens (primary N) is 1. The summed E-state index contributed by atoms with van der Waals surface area (Å²) in [7, 11) is 0. The summed E-state index contributed by atoms with van der Waals surface area (Å²) in [5.74, 6) is 0. The second kappa shape index (κ2) is 6.38. The summed E-state index contributed by atoms with van der Waals surface area (Å²) in [6.07, 6.45) is 5.11. The van der Waals surface area contributed by atoms with Crippen molar-refractivity contribution in [2.45, 2.75) is 57.7 Å². The molecular formula is C11H24N2O. The second-order valence-corrected chi connectivity index (χ2v) is 4.20. The highest BCUT2D eigenvalue weighted by molar-refractivity contribution is 4.86. The SMILES string of the molecule is CCCC(N)CNC1CC(OCC)C1. The van der Waals surface area contributed by atoms with Crippen molar-refractivity contribution in [3.63, 3.8) is 0 Å². The Kier molecular flexibility index (Phi) is 5.45. The van der Waals surface area contributed by atoms with E-state index >= 15 is 0 Å². The number of hydrogen-bond donors (Lipinski definition) is 2. The Morgan fingerprint density at radius 3 is 2.71 bits per heavy atom. The van der Waals surface area contributed by atoms with Crippen LogP contribution in [-0.2, 0) is 4.74 Å². The molecule has 1 fully saturated rings. The van der Waals surface area contributed by atoms with Gasteiger partial charge in [0.25, 0.3) is 0 Å². The third-order valence-electron chi connectivity index (χ3n) is 2.83. The molecule has 1 aliphatic carbocycles. The molecule has 0 aromatic carbocycles. The Morgan fingerprint density at radius 1 is 1.43 bits per heavy atom.